The van der Waals surface area contributed by atoms with Crippen LogP contribution in [0.4, 0.5) is 5.69 Å². The molecule has 0 amide bonds. The zero-order chi connectivity index (χ0) is 22.4. The molecule has 2 rings (SSSR count). The molecule has 2 aromatic carbocycles. The molecule has 31 heavy (non-hydrogen) atoms. The van der Waals surface area contributed by atoms with Gasteiger partial charge in [0, 0.05) is 0 Å². The number of methoxy groups -OCH3 is 1. The highest BCUT2D eigenvalue weighted by atomic mass is 32.2. The molecule has 0 fully saturated rings. The Balaban J connectivity index is 1.49. The van der Waals surface area contributed by atoms with Crippen molar-refractivity contribution >= 4 is 15.7 Å². The lowest BCUT2D eigenvalue weighted by molar-refractivity contribution is 0.416. The van der Waals surface area contributed by atoms with Crippen LogP contribution in [0.5, 0.6) is 5.75 Å². The lowest BCUT2D eigenvalue weighted by Gasteiger charge is -2.12. The van der Waals surface area contributed by atoms with Crippen LogP contribution in [0.15, 0.2) is 48.5 Å². The molecule has 0 aliphatic rings. The third-order valence-corrected chi connectivity index (χ3v) is 5.63. The second-order valence-electron chi connectivity index (χ2n) is 7.81. The van der Waals surface area contributed by atoms with Crippen LogP contribution in [0.2, 0.25) is 0 Å². The Bertz CT molecular complexity index is 858. The summed E-state index contributed by atoms with van der Waals surface area (Å²) < 4.78 is 30.8. The Morgan fingerprint density at radius 3 is 1.97 bits per heavy atom. The van der Waals surface area contributed by atoms with E-state index in [4.69, 9.17) is 4.74 Å². The predicted molar refractivity (Wildman–Crippen MR) is 130 cm³/mol. The molecule has 0 saturated heterocycles. The fourth-order valence-electron chi connectivity index (χ4n) is 3.40. The van der Waals surface area contributed by atoms with Crippen LogP contribution in [0.25, 0.3) is 0 Å². The minimum Gasteiger partial charge on any atom is -0.495 e. The second kappa shape index (κ2) is 14.1. The van der Waals surface area contributed by atoms with E-state index in [-0.39, 0.29) is 0 Å². The summed E-state index contributed by atoms with van der Waals surface area (Å²) in [7, 11) is -1.80. The molecule has 0 saturated carbocycles. The molecule has 0 radical (unpaired) electrons. The lowest BCUT2D eigenvalue weighted by atomic mass is 10.1. The topological polar surface area (TPSA) is 79.5 Å². The van der Waals surface area contributed by atoms with Gasteiger partial charge in [-0.3, -0.25) is 4.72 Å². The first-order chi connectivity index (χ1) is 15.0. The average molecular weight is 448 g/mol. The molecule has 0 heterocycles. The fraction of sp³-hybridized carbons (Fsp3) is 0.500. The van der Waals surface area contributed by atoms with Gasteiger partial charge in [-0.2, -0.15) is 0 Å². The van der Waals surface area contributed by atoms with Gasteiger partial charge in [0.25, 0.3) is 0 Å². The lowest BCUT2D eigenvalue weighted by Crippen LogP contribution is -2.19. The van der Waals surface area contributed by atoms with Crippen molar-refractivity contribution in [2.45, 2.75) is 38.5 Å². The Hall–Kier alpha value is -2.09. The molecule has 0 aromatic heterocycles. The van der Waals surface area contributed by atoms with E-state index in [1.165, 1.54) is 38.4 Å². The van der Waals surface area contributed by atoms with Crippen LogP contribution in [0.1, 0.15) is 36.8 Å². The maximum atomic E-state index is 11.5. The zero-order valence-electron chi connectivity index (χ0n) is 18.8. The standard InChI is InChI=1S/C24H37N3O3S/c1-30-24-13-12-22(20-23(24)27-31(2,28)29)15-19-26-17-9-4-3-8-16-25-18-14-21-10-6-5-7-11-21/h5-7,10-13,20,25-27H,3-4,8-9,14-19H2,1-2H3. The fourth-order valence-corrected chi connectivity index (χ4v) is 3.96. The summed E-state index contributed by atoms with van der Waals surface area (Å²) in [6, 6.07) is 16.2. The van der Waals surface area contributed by atoms with Crippen LogP contribution >= 0.6 is 0 Å². The first-order valence-electron chi connectivity index (χ1n) is 11.1. The number of hydrogen-bond donors (Lipinski definition) is 3. The van der Waals surface area contributed by atoms with Gasteiger partial charge in [-0.05, 0) is 75.1 Å². The SMILES string of the molecule is COc1ccc(CCNCCCCCCNCCc2ccccc2)cc1NS(C)(=O)=O. The first-order valence-corrected chi connectivity index (χ1v) is 13.0. The minimum atomic E-state index is -3.34. The van der Waals surface area contributed by atoms with Gasteiger partial charge < -0.3 is 15.4 Å². The normalized spacial score (nSPS) is 11.4. The van der Waals surface area contributed by atoms with E-state index in [1.807, 2.05) is 12.1 Å². The summed E-state index contributed by atoms with van der Waals surface area (Å²) in [5, 5.41) is 7.00. The number of ether oxygens (including phenoxy) is 1. The molecule has 7 heteroatoms. The van der Waals surface area contributed by atoms with Crippen LogP contribution in [-0.4, -0.2) is 48.0 Å². The third kappa shape index (κ3) is 11.2. The number of anilines is 1. The summed E-state index contributed by atoms with van der Waals surface area (Å²) >= 11 is 0. The molecular weight excluding hydrogens is 410 g/mol. The molecule has 172 valence electrons. The molecular formula is C24H37N3O3S. The highest BCUT2D eigenvalue weighted by Crippen LogP contribution is 2.26. The maximum Gasteiger partial charge on any atom is 0.229 e. The smallest absolute Gasteiger partial charge is 0.229 e. The number of hydrogen-bond acceptors (Lipinski definition) is 5. The molecule has 2 aromatic rings. The summed E-state index contributed by atoms with van der Waals surface area (Å²) in [4.78, 5) is 0. The average Bonchev–Trinajstić information content (AvgIpc) is 2.74. The molecule has 3 N–H and O–H groups in total. The second-order valence-corrected chi connectivity index (χ2v) is 9.56. The molecule has 6 nitrogen and oxygen atoms in total. The van der Waals surface area contributed by atoms with Crippen molar-refractivity contribution in [3.8, 4) is 5.75 Å². The minimum absolute atomic E-state index is 0.486. The molecule has 0 aliphatic carbocycles. The Kier molecular flexibility index (Phi) is 11.4. The Labute approximate surface area is 187 Å². The highest BCUT2D eigenvalue weighted by Gasteiger charge is 2.09. The largest absolute Gasteiger partial charge is 0.495 e. The van der Waals surface area contributed by atoms with E-state index in [9.17, 15) is 8.42 Å². The first kappa shape index (κ1) is 25.2. The van der Waals surface area contributed by atoms with Crippen molar-refractivity contribution in [1.29, 1.82) is 0 Å². The van der Waals surface area contributed by atoms with Crippen molar-refractivity contribution in [1.82, 2.24) is 10.6 Å². The third-order valence-electron chi connectivity index (χ3n) is 5.04. The Morgan fingerprint density at radius 1 is 0.774 bits per heavy atom. The summed E-state index contributed by atoms with van der Waals surface area (Å²) in [5.74, 6) is 0.525. The van der Waals surface area contributed by atoms with Gasteiger partial charge >= 0.3 is 0 Å². The zero-order valence-corrected chi connectivity index (χ0v) is 19.6. The summed E-state index contributed by atoms with van der Waals surface area (Å²) in [6.07, 6.45) is 7.95. The number of benzene rings is 2. The monoisotopic (exact) mass is 447 g/mol. The van der Waals surface area contributed by atoms with Gasteiger partial charge in [0.15, 0.2) is 0 Å². The number of nitrogens with one attached hydrogen (secondary N) is 3. The number of sulfonamides is 1. The van der Waals surface area contributed by atoms with E-state index >= 15 is 0 Å². The van der Waals surface area contributed by atoms with Crippen LogP contribution in [-0.2, 0) is 22.9 Å². The van der Waals surface area contributed by atoms with Gasteiger partial charge in [-0.15, -0.1) is 0 Å². The van der Waals surface area contributed by atoms with Gasteiger partial charge in [0.05, 0.1) is 19.1 Å². The van der Waals surface area contributed by atoms with E-state index in [0.29, 0.717) is 11.4 Å². The van der Waals surface area contributed by atoms with E-state index in [0.717, 1.165) is 50.8 Å². The van der Waals surface area contributed by atoms with Gasteiger partial charge in [-0.1, -0.05) is 49.2 Å². The van der Waals surface area contributed by atoms with Gasteiger partial charge in [0.2, 0.25) is 10.0 Å². The number of rotatable bonds is 16. The summed E-state index contributed by atoms with van der Waals surface area (Å²) in [5.41, 5.74) is 2.94. The van der Waals surface area contributed by atoms with E-state index in [1.54, 1.807) is 6.07 Å². The van der Waals surface area contributed by atoms with E-state index < -0.39 is 10.0 Å². The van der Waals surface area contributed by atoms with Crippen molar-refractivity contribution in [3.63, 3.8) is 0 Å². The molecule has 0 aliphatic heterocycles. The summed E-state index contributed by atoms with van der Waals surface area (Å²) in [6.45, 7) is 4.00. The molecule has 0 spiro atoms. The van der Waals surface area contributed by atoms with Crippen LogP contribution in [0, 0.1) is 0 Å². The molecule has 0 atom stereocenters. The van der Waals surface area contributed by atoms with Crippen molar-refractivity contribution < 1.29 is 13.2 Å². The van der Waals surface area contributed by atoms with Crippen molar-refractivity contribution in [2.75, 3.05) is 44.3 Å². The molecule has 0 unspecified atom stereocenters. The Morgan fingerprint density at radius 2 is 1.39 bits per heavy atom. The quantitative estimate of drug-likeness (QED) is 0.343. The van der Waals surface area contributed by atoms with Crippen molar-refractivity contribution in [2.24, 2.45) is 0 Å². The molecule has 0 bridgehead atoms. The highest BCUT2D eigenvalue weighted by molar-refractivity contribution is 7.92. The van der Waals surface area contributed by atoms with Crippen molar-refractivity contribution in [3.05, 3.63) is 59.7 Å². The predicted octanol–water partition coefficient (Wildman–Crippen LogP) is 3.59. The van der Waals surface area contributed by atoms with E-state index in [2.05, 4.69) is 45.7 Å². The van der Waals surface area contributed by atoms with Gasteiger partial charge in [0.1, 0.15) is 5.75 Å². The van der Waals surface area contributed by atoms with Crippen LogP contribution < -0.4 is 20.1 Å². The maximum absolute atomic E-state index is 11.5. The van der Waals surface area contributed by atoms with Gasteiger partial charge in [-0.25, -0.2) is 8.42 Å². The number of unbranched alkanes of at least 4 members (excludes halogenated alkanes) is 3. The van der Waals surface area contributed by atoms with Crippen LogP contribution in [0.3, 0.4) is 0 Å².